The van der Waals surface area contributed by atoms with Gasteiger partial charge in [-0.3, -0.25) is 4.98 Å². The van der Waals surface area contributed by atoms with Crippen molar-refractivity contribution < 1.29 is 22.4 Å². The molecule has 0 saturated heterocycles. The lowest BCUT2D eigenvalue weighted by Crippen LogP contribution is -2.57. The standard InChI is InChI=1S/C27H27ClF4N4O/c28-20-10-11-24(34-16-20)26(15-17-6-2-1-3-7-17,18-12-19(27(30,31)32)14-21(29)13-18)36-25(37)35-23-9-5-4-8-22(23)33/h1-3,6-7,10-14,16,22-23H,4-5,8-9,15,33H2,(H2,35,36,37). The maximum Gasteiger partial charge on any atom is 0.416 e. The molecular formula is C27H27ClF4N4O. The van der Waals surface area contributed by atoms with E-state index >= 15 is 0 Å². The van der Waals surface area contributed by atoms with Gasteiger partial charge in [0.25, 0.3) is 0 Å². The molecule has 2 amide bonds. The average Bonchev–Trinajstić information content (AvgIpc) is 2.85. The van der Waals surface area contributed by atoms with Crippen LogP contribution in [0.2, 0.25) is 5.02 Å². The summed E-state index contributed by atoms with van der Waals surface area (Å²) in [5.41, 5.74) is 4.13. The van der Waals surface area contributed by atoms with E-state index in [9.17, 15) is 22.4 Å². The second kappa shape index (κ2) is 11.1. The van der Waals surface area contributed by atoms with Gasteiger partial charge in [0.05, 0.1) is 16.3 Å². The highest BCUT2D eigenvalue weighted by Gasteiger charge is 2.41. The van der Waals surface area contributed by atoms with Gasteiger partial charge >= 0.3 is 12.2 Å². The summed E-state index contributed by atoms with van der Waals surface area (Å²) in [6.07, 6.45) is -0.206. The summed E-state index contributed by atoms with van der Waals surface area (Å²) in [6, 6.07) is 12.9. The van der Waals surface area contributed by atoms with Crippen LogP contribution < -0.4 is 16.4 Å². The topological polar surface area (TPSA) is 80.0 Å². The molecule has 10 heteroatoms. The molecule has 1 saturated carbocycles. The molecule has 37 heavy (non-hydrogen) atoms. The van der Waals surface area contributed by atoms with Gasteiger partial charge in [-0.05, 0) is 54.3 Å². The molecule has 1 aliphatic rings. The Morgan fingerprint density at radius 1 is 1.03 bits per heavy atom. The molecular weight excluding hydrogens is 508 g/mol. The largest absolute Gasteiger partial charge is 0.416 e. The van der Waals surface area contributed by atoms with Crippen molar-refractivity contribution in [1.82, 2.24) is 15.6 Å². The highest BCUT2D eigenvalue weighted by atomic mass is 35.5. The van der Waals surface area contributed by atoms with Gasteiger partial charge < -0.3 is 16.4 Å². The molecule has 3 aromatic rings. The first-order valence-electron chi connectivity index (χ1n) is 12.0. The number of amides is 2. The van der Waals surface area contributed by atoms with E-state index in [1.165, 1.54) is 18.3 Å². The minimum atomic E-state index is -4.81. The molecule has 1 aromatic heterocycles. The maximum atomic E-state index is 14.7. The lowest BCUT2D eigenvalue weighted by Gasteiger charge is -2.37. The van der Waals surface area contributed by atoms with Gasteiger partial charge in [-0.2, -0.15) is 13.2 Å². The summed E-state index contributed by atoms with van der Waals surface area (Å²) < 4.78 is 55.8. The molecule has 1 heterocycles. The van der Waals surface area contributed by atoms with Crippen LogP contribution in [0.1, 0.15) is 48.1 Å². The predicted molar refractivity (Wildman–Crippen MR) is 133 cm³/mol. The van der Waals surface area contributed by atoms with Crippen LogP contribution in [0.25, 0.3) is 0 Å². The summed E-state index contributed by atoms with van der Waals surface area (Å²) in [4.78, 5) is 17.8. The minimum Gasteiger partial charge on any atom is -0.334 e. The van der Waals surface area contributed by atoms with E-state index in [0.717, 1.165) is 31.4 Å². The van der Waals surface area contributed by atoms with E-state index < -0.39 is 29.1 Å². The van der Waals surface area contributed by atoms with Gasteiger partial charge in [0.2, 0.25) is 0 Å². The van der Waals surface area contributed by atoms with Gasteiger partial charge in [-0.1, -0.05) is 54.8 Å². The van der Waals surface area contributed by atoms with Crippen LogP contribution in [-0.2, 0) is 18.1 Å². The number of pyridine rings is 1. The number of carbonyl (C=O) groups excluding carboxylic acids is 1. The Hall–Kier alpha value is -3.17. The van der Waals surface area contributed by atoms with E-state index in [1.807, 2.05) is 0 Å². The molecule has 0 spiro atoms. The van der Waals surface area contributed by atoms with Crippen molar-refractivity contribution in [2.45, 2.75) is 55.9 Å². The molecule has 196 valence electrons. The summed E-state index contributed by atoms with van der Waals surface area (Å²) in [6.45, 7) is 0. The average molecular weight is 535 g/mol. The van der Waals surface area contributed by atoms with Crippen molar-refractivity contribution in [2.75, 3.05) is 0 Å². The number of halogens is 5. The van der Waals surface area contributed by atoms with E-state index in [-0.39, 0.29) is 29.8 Å². The number of nitrogens with zero attached hydrogens (tertiary/aromatic N) is 1. The van der Waals surface area contributed by atoms with Crippen LogP contribution in [0.15, 0.2) is 66.9 Å². The third-order valence-corrected chi connectivity index (χ3v) is 6.88. The van der Waals surface area contributed by atoms with Crippen LogP contribution >= 0.6 is 11.6 Å². The van der Waals surface area contributed by atoms with Crippen molar-refractivity contribution >= 4 is 17.6 Å². The number of rotatable bonds is 6. The zero-order chi connectivity index (χ0) is 26.6. The van der Waals surface area contributed by atoms with Crippen molar-refractivity contribution in [3.63, 3.8) is 0 Å². The summed E-state index contributed by atoms with van der Waals surface area (Å²) in [7, 11) is 0. The molecule has 0 aliphatic heterocycles. The number of urea groups is 1. The molecule has 2 aromatic carbocycles. The first-order chi connectivity index (χ1) is 17.6. The number of benzene rings is 2. The Kier molecular flexibility index (Phi) is 8.04. The first-order valence-corrected chi connectivity index (χ1v) is 12.3. The third-order valence-electron chi connectivity index (χ3n) is 6.66. The van der Waals surface area contributed by atoms with Crippen molar-refractivity contribution in [2.24, 2.45) is 5.73 Å². The van der Waals surface area contributed by atoms with E-state index in [2.05, 4.69) is 15.6 Å². The van der Waals surface area contributed by atoms with Crippen LogP contribution in [0.4, 0.5) is 22.4 Å². The Morgan fingerprint density at radius 2 is 1.73 bits per heavy atom. The lowest BCUT2D eigenvalue weighted by atomic mass is 9.79. The Balaban J connectivity index is 1.86. The molecule has 1 aliphatic carbocycles. The van der Waals surface area contributed by atoms with Gasteiger partial charge in [0.15, 0.2) is 0 Å². The molecule has 1 fully saturated rings. The van der Waals surface area contributed by atoms with Gasteiger partial charge in [-0.25, -0.2) is 9.18 Å². The Labute approximate surface area is 217 Å². The molecule has 4 rings (SSSR count). The number of carbonyl (C=O) groups is 1. The second-order valence-corrected chi connectivity index (χ2v) is 9.75. The molecule has 4 N–H and O–H groups in total. The highest BCUT2D eigenvalue weighted by Crippen LogP contribution is 2.38. The molecule has 3 atom stereocenters. The van der Waals surface area contributed by atoms with Crippen molar-refractivity contribution in [3.8, 4) is 0 Å². The molecule has 0 bridgehead atoms. The van der Waals surface area contributed by atoms with Gasteiger partial charge in [-0.15, -0.1) is 0 Å². The van der Waals surface area contributed by atoms with E-state index in [4.69, 9.17) is 17.3 Å². The molecule has 5 nitrogen and oxygen atoms in total. The van der Waals surface area contributed by atoms with Crippen LogP contribution in [0.3, 0.4) is 0 Å². The zero-order valence-corrected chi connectivity index (χ0v) is 20.6. The first kappa shape index (κ1) is 26.9. The van der Waals surface area contributed by atoms with Gasteiger partial charge in [0.1, 0.15) is 11.4 Å². The quantitative estimate of drug-likeness (QED) is 0.342. The van der Waals surface area contributed by atoms with E-state index in [1.54, 1.807) is 30.3 Å². The van der Waals surface area contributed by atoms with Crippen LogP contribution in [0.5, 0.6) is 0 Å². The summed E-state index contributed by atoms with van der Waals surface area (Å²) >= 11 is 6.04. The number of alkyl halides is 3. The zero-order valence-electron chi connectivity index (χ0n) is 19.9. The summed E-state index contributed by atoms with van der Waals surface area (Å²) in [5.74, 6) is -1.09. The Bertz CT molecular complexity index is 1220. The van der Waals surface area contributed by atoms with E-state index in [0.29, 0.717) is 23.1 Å². The fraction of sp³-hybridized carbons (Fsp3) is 0.333. The smallest absolute Gasteiger partial charge is 0.334 e. The molecule has 0 radical (unpaired) electrons. The third kappa shape index (κ3) is 6.40. The lowest BCUT2D eigenvalue weighted by molar-refractivity contribution is -0.137. The Morgan fingerprint density at radius 3 is 2.38 bits per heavy atom. The number of nitrogens with one attached hydrogen (secondary N) is 2. The van der Waals surface area contributed by atoms with Crippen LogP contribution in [0, 0.1) is 5.82 Å². The normalized spacial score (nSPS) is 19.6. The second-order valence-electron chi connectivity index (χ2n) is 9.31. The van der Waals surface area contributed by atoms with Crippen molar-refractivity contribution in [3.05, 3.63) is 100 Å². The molecule has 3 unspecified atom stereocenters. The fourth-order valence-corrected chi connectivity index (χ4v) is 4.90. The number of hydrogen-bond acceptors (Lipinski definition) is 3. The minimum absolute atomic E-state index is 0.00658. The summed E-state index contributed by atoms with van der Waals surface area (Å²) in [5, 5.41) is 6.03. The predicted octanol–water partition coefficient (Wildman–Crippen LogP) is 5.95. The number of hydrogen-bond donors (Lipinski definition) is 3. The number of aromatic nitrogens is 1. The maximum absolute atomic E-state index is 14.7. The van der Waals surface area contributed by atoms with Gasteiger partial charge in [0, 0.05) is 24.7 Å². The monoisotopic (exact) mass is 534 g/mol. The number of nitrogens with two attached hydrogens (primary N) is 1. The SMILES string of the molecule is NC1CCCCC1NC(=O)NC(Cc1ccccc1)(c1cc(F)cc(C(F)(F)F)c1)c1ccc(Cl)cn1. The highest BCUT2D eigenvalue weighted by molar-refractivity contribution is 6.30. The van der Waals surface area contributed by atoms with Crippen molar-refractivity contribution in [1.29, 1.82) is 0 Å². The van der Waals surface area contributed by atoms with Crippen LogP contribution in [-0.4, -0.2) is 23.1 Å². The fourth-order valence-electron chi connectivity index (χ4n) is 4.79.